The van der Waals surface area contributed by atoms with Gasteiger partial charge in [0.25, 0.3) is 0 Å². The highest BCUT2D eigenvalue weighted by atomic mass is 32.1. The van der Waals surface area contributed by atoms with Gasteiger partial charge in [-0.25, -0.2) is 0 Å². The van der Waals surface area contributed by atoms with Gasteiger partial charge in [-0.2, -0.15) is 5.10 Å². The second kappa shape index (κ2) is 4.89. The Bertz CT molecular complexity index is 455. The van der Waals surface area contributed by atoms with E-state index in [1.54, 1.807) is 11.3 Å². The van der Waals surface area contributed by atoms with Crippen LogP contribution >= 0.6 is 11.3 Å². The zero-order valence-electron chi connectivity index (χ0n) is 9.65. The van der Waals surface area contributed by atoms with Crippen LogP contribution in [-0.2, 0) is 0 Å². The summed E-state index contributed by atoms with van der Waals surface area (Å²) in [6.07, 6.45) is 1.18. The molecule has 0 atom stereocenters. The van der Waals surface area contributed by atoms with Gasteiger partial charge in [0.15, 0.2) is 5.82 Å². The molecule has 2 aromatic heterocycles. The SMILES string of the molecule is c1csc(-c2cc(N3CCCNCC3)n[nH]2)c1. The predicted octanol–water partition coefficient (Wildman–Crippen LogP) is 1.94. The van der Waals surface area contributed by atoms with Crippen molar-refractivity contribution >= 4 is 17.2 Å². The van der Waals surface area contributed by atoms with E-state index in [1.165, 1.54) is 11.3 Å². The molecule has 1 fully saturated rings. The fourth-order valence-corrected chi connectivity index (χ4v) is 2.80. The van der Waals surface area contributed by atoms with Crippen LogP contribution in [0.1, 0.15) is 6.42 Å². The summed E-state index contributed by atoms with van der Waals surface area (Å²) in [5.74, 6) is 1.07. The first-order valence-electron chi connectivity index (χ1n) is 5.98. The number of nitrogens with one attached hydrogen (secondary N) is 2. The van der Waals surface area contributed by atoms with Crippen molar-refractivity contribution in [3.63, 3.8) is 0 Å². The van der Waals surface area contributed by atoms with Crippen LogP contribution in [0, 0.1) is 0 Å². The Labute approximate surface area is 105 Å². The first kappa shape index (κ1) is 10.8. The van der Waals surface area contributed by atoms with Gasteiger partial charge in [-0.3, -0.25) is 5.10 Å². The number of thiophene rings is 1. The molecule has 0 aromatic carbocycles. The predicted molar refractivity (Wildman–Crippen MR) is 71.6 cm³/mol. The highest BCUT2D eigenvalue weighted by Gasteiger charge is 2.13. The largest absolute Gasteiger partial charge is 0.354 e. The van der Waals surface area contributed by atoms with Crippen molar-refractivity contribution in [2.24, 2.45) is 0 Å². The van der Waals surface area contributed by atoms with Crippen LogP contribution in [0.25, 0.3) is 10.6 Å². The van der Waals surface area contributed by atoms with Crippen molar-refractivity contribution in [2.75, 3.05) is 31.1 Å². The Balaban J connectivity index is 1.79. The molecule has 0 unspecified atom stereocenters. The average molecular weight is 248 g/mol. The van der Waals surface area contributed by atoms with Crippen molar-refractivity contribution in [3.8, 4) is 10.6 Å². The van der Waals surface area contributed by atoms with E-state index in [0.29, 0.717) is 0 Å². The zero-order valence-corrected chi connectivity index (χ0v) is 10.5. The molecule has 0 bridgehead atoms. The minimum absolute atomic E-state index is 1.04. The molecule has 0 aliphatic carbocycles. The van der Waals surface area contributed by atoms with Crippen LogP contribution in [0.3, 0.4) is 0 Å². The monoisotopic (exact) mass is 248 g/mol. The Morgan fingerprint density at radius 3 is 3.18 bits per heavy atom. The molecular formula is C12H16N4S. The summed E-state index contributed by atoms with van der Waals surface area (Å²) >= 11 is 1.74. The van der Waals surface area contributed by atoms with Crippen LogP contribution in [0.4, 0.5) is 5.82 Å². The van der Waals surface area contributed by atoms with Gasteiger partial charge >= 0.3 is 0 Å². The average Bonchev–Trinajstić information content (AvgIpc) is 2.95. The third-order valence-electron chi connectivity index (χ3n) is 3.02. The second-order valence-corrected chi connectivity index (χ2v) is 5.16. The van der Waals surface area contributed by atoms with Crippen LogP contribution in [0.5, 0.6) is 0 Å². The molecule has 90 valence electrons. The number of aromatic amines is 1. The molecule has 2 aromatic rings. The summed E-state index contributed by atoms with van der Waals surface area (Å²) in [6, 6.07) is 6.33. The molecule has 4 nitrogen and oxygen atoms in total. The number of H-pyrrole nitrogens is 1. The summed E-state index contributed by atoms with van der Waals surface area (Å²) < 4.78 is 0. The van der Waals surface area contributed by atoms with E-state index in [2.05, 4.69) is 44.0 Å². The summed E-state index contributed by atoms with van der Waals surface area (Å²) in [6.45, 7) is 4.27. The maximum Gasteiger partial charge on any atom is 0.151 e. The van der Waals surface area contributed by atoms with E-state index < -0.39 is 0 Å². The van der Waals surface area contributed by atoms with Crippen LogP contribution in [0.15, 0.2) is 23.6 Å². The maximum absolute atomic E-state index is 4.42. The third-order valence-corrected chi connectivity index (χ3v) is 3.92. The van der Waals surface area contributed by atoms with Crippen LogP contribution < -0.4 is 10.2 Å². The third kappa shape index (κ3) is 2.35. The lowest BCUT2D eigenvalue weighted by Gasteiger charge is -2.18. The minimum atomic E-state index is 1.04. The van der Waals surface area contributed by atoms with E-state index in [4.69, 9.17) is 0 Å². The van der Waals surface area contributed by atoms with Crippen LogP contribution in [-0.4, -0.2) is 36.4 Å². The highest BCUT2D eigenvalue weighted by molar-refractivity contribution is 7.13. The van der Waals surface area contributed by atoms with Crippen molar-refractivity contribution in [3.05, 3.63) is 23.6 Å². The summed E-state index contributed by atoms with van der Waals surface area (Å²) in [5, 5.41) is 13.0. The number of aromatic nitrogens is 2. The summed E-state index contributed by atoms with van der Waals surface area (Å²) in [7, 11) is 0. The molecule has 17 heavy (non-hydrogen) atoms. The Morgan fingerprint density at radius 2 is 2.29 bits per heavy atom. The lowest BCUT2D eigenvalue weighted by molar-refractivity contribution is 0.724. The van der Waals surface area contributed by atoms with Gasteiger partial charge in [0.2, 0.25) is 0 Å². The lowest BCUT2D eigenvalue weighted by atomic mass is 10.3. The van der Waals surface area contributed by atoms with E-state index in [-0.39, 0.29) is 0 Å². The van der Waals surface area contributed by atoms with Crippen molar-refractivity contribution < 1.29 is 0 Å². The highest BCUT2D eigenvalue weighted by Crippen LogP contribution is 2.25. The smallest absolute Gasteiger partial charge is 0.151 e. The van der Waals surface area contributed by atoms with E-state index in [1.807, 2.05) is 0 Å². The van der Waals surface area contributed by atoms with Gasteiger partial charge in [0, 0.05) is 25.7 Å². The van der Waals surface area contributed by atoms with Crippen molar-refractivity contribution in [2.45, 2.75) is 6.42 Å². The molecule has 0 spiro atoms. The molecule has 1 aliphatic heterocycles. The molecule has 3 rings (SSSR count). The molecular weight excluding hydrogens is 232 g/mol. The zero-order chi connectivity index (χ0) is 11.5. The van der Waals surface area contributed by atoms with Gasteiger partial charge in [-0.1, -0.05) is 6.07 Å². The van der Waals surface area contributed by atoms with Crippen molar-refractivity contribution in [1.29, 1.82) is 0 Å². The summed E-state index contributed by atoms with van der Waals surface area (Å²) in [5.41, 5.74) is 1.12. The number of hydrogen-bond acceptors (Lipinski definition) is 4. The standard InChI is InChI=1S/C12H16N4S/c1-3-11(17-8-1)10-9-12(15-14-10)16-6-2-4-13-5-7-16/h1,3,8-9,13H,2,4-7H2,(H,14,15). The normalized spacial score (nSPS) is 17.1. The second-order valence-electron chi connectivity index (χ2n) is 4.21. The minimum Gasteiger partial charge on any atom is -0.354 e. The number of rotatable bonds is 2. The number of nitrogens with zero attached hydrogens (tertiary/aromatic N) is 2. The van der Waals surface area contributed by atoms with Gasteiger partial charge in [0.05, 0.1) is 10.6 Å². The number of anilines is 1. The van der Waals surface area contributed by atoms with Gasteiger partial charge in [-0.15, -0.1) is 11.3 Å². The molecule has 1 saturated heterocycles. The topological polar surface area (TPSA) is 44.0 Å². The van der Waals surface area contributed by atoms with Crippen molar-refractivity contribution in [1.82, 2.24) is 15.5 Å². The molecule has 2 N–H and O–H groups in total. The summed E-state index contributed by atoms with van der Waals surface area (Å²) in [4.78, 5) is 3.59. The molecule has 0 amide bonds. The fraction of sp³-hybridized carbons (Fsp3) is 0.417. The van der Waals surface area contributed by atoms with E-state index >= 15 is 0 Å². The lowest BCUT2D eigenvalue weighted by Crippen LogP contribution is -2.28. The van der Waals surface area contributed by atoms with E-state index in [0.717, 1.165) is 37.7 Å². The van der Waals surface area contributed by atoms with Gasteiger partial charge < -0.3 is 10.2 Å². The molecule has 3 heterocycles. The first-order valence-corrected chi connectivity index (χ1v) is 6.86. The van der Waals surface area contributed by atoms with Gasteiger partial charge in [-0.05, 0) is 24.4 Å². The molecule has 0 radical (unpaired) electrons. The van der Waals surface area contributed by atoms with Crippen LogP contribution in [0.2, 0.25) is 0 Å². The molecule has 0 saturated carbocycles. The van der Waals surface area contributed by atoms with Gasteiger partial charge in [0.1, 0.15) is 0 Å². The number of hydrogen-bond donors (Lipinski definition) is 2. The molecule has 1 aliphatic rings. The maximum atomic E-state index is 4.42. The molecule has 5 heteroatoms. The fourth-order valence-electron chi connectivity index (χ4n) is 2.11. The van der Waals surface area contributed by atoms with E-state index in [9.17, 15) is 0 Å². The Hall–Kier alpha value is -1.33. The quantitative estimate of drug-likeness (QED) is 0.853. The Kier molecular flexibility index (Phi) is 3.11. The Morgan fingerprint density at radius 1 is 1.29 bits per heavy atom. The first-order chi connectivity index (χ1) is 8.43.